The third-order valence-corrected chi connectivity index (χ3v) is 9.10. The molecule has 7 heteroatoms. The van der Waals surface area contributed by atoms with E-state index in [4.69, 9.17) is 0 Å². The lowest BCUT2D eigenvalue weighted by Crippen LogP contribution is -2.37. The van der Waals surface area contributed by atoms with Gasteiger partial charge in [0.1, 0.15) is 5.75 Å². The van der Waals surface area contributed by atoms with E-state index in [0.717, 1.165) is 31.5 Å². The van der Waals surface area contributed by atoms with Gasteiger partial charge in [-0.1, -0.05) is 79.7 Å². The molecule has 0 radical (unpaired) electrons. The standard InChI is InChI=1S/C38H39N3O4/c1-25(27-6-3-2-4-7-27)30-8-5-9-31(22-30)28-18-20-41(21-19-28)38(45)29-12-10-26(11-13-29)23-39-24-35(43)32-14-16-34(42)37-33(32)15-17-36(44)40-37/h2-17,22,25,28,35,39,42-43H,18-21,23-24H2,1H3,(H,40,44). The van der Waals surface area contributed by atoms with Gasteiger partial charge in [0, 0.05) is 49.1 Å². The van der Waals surface area contributed by atoms with E-state index in [1.54, 1.807) is 12.1 Å². The number of aliphatic hydroxyl groups is 1. The number of aliphatic hydroxyl groups excluding tert-OH is 1. The van der Waals surface area contributed by atoms with Gasteiger partial charge >= 0.3 is 0 Å². The lowest BCUT2D eigenvalue weighted by Gasteiger charge is -2.32. The molecule has 2 heterocycles. The maximum Gasteiger partial charge on any atom is 0.253 e. The minimum atomic E-state index is -0.836. The number of hydrogen-bond donors (Lipinski definition) is 4. The molecule has 2 unspecified atom stereocenters. The lowest BCUT2D eigenvalue weighted by molar-refractivity contribution is 0.0713. The highest BCUT2D eigenvalue weighted by Gasteiger charge is 2.25. The third kappa shape index (κ3) is 6.85. The van der Waals surface area contributed by atoms with E-state index in [9.17, 15) is 19.8 Å². The fraction of sp³-hybridized carbons (Fsp3) is 0.263. The van der Waals surface area contributed by atoms with Crippen molar-refractivity contribution in [3.8, 4) is 5.75 Å². The van der Waals surface area contributed by atoms with Crippen LogP contribution in [0.5, 0.6) is 5.75 Å². The zero-order valence-corrected chi connectivity index (χ0v) is 25.4. The van der Waals surface area contributed by atoms with Crippen molar-refractivity contribution in [2.24, 2.45) is 0 Å². The van der Waals surface area contributed by atoms with Crippen LogP contribution in [0.25, 0.3) is 10.9 Å². The monoisotopic (exact) mass is 601 g/mol. The Morgan fingerprint density at radius 3 is 2.40 bits per heavy atom. The topological polar surface area (TPSA) is 106 Å². The molecule has 1 aliphatic heterocycles. The van der Waals surface area contributed by atoms with Crippen molar-refractivity contribution in [3.05, 3.63) is 147 Å². The van der Waals surface area contributed by atoms with Crippen LogP contribution in [-0.2, 0) is 6.54 Å². The molecule has 4 aromatic carbocycles. The smallest absolute Gasteiger partial charge is 0.253 e. The number of aromatic amines is 1. The minimum Gasteiger partial charge on any atom is -0.506 e. The van der Waals surface area contributed by atoms with Crippen LogP contribution in [0.2, 0.25) is 0 Å². The van der Waals surface area contributed by atoms with Crippen LogP contribution in [0.1, 0.15) is 75.9 Å². The number of nitrogens with one attached hydrogen (secondary N) is 2. The number of aromatic hydroxyl groups is 1. The van der Waals surface area contributed by atoms with E-state index in [1.165, 1.54) is 28.8 Å². The summed E-state index contributed by atoms with van der Waals surface area (Å²) < 4.78 is 0. The molecule has 0 bridgehead atoms. The van der Waals surface area contributed by atoms with Gasteiger partial charge in [0.05, 0.1) is 11.6 Å². The molecule has 6 rings (SSSR count). The predicted octanol–water partition coefficient (Wildman–Crippen LogP) is 6.23. The third-order valence-electron chi connectivity index (χ3n) is 9.10. The Hall–Kier alpha value is -4.72. The SMILES string of the molecule is CC(c1ccccc1)c1cccc(C2CCN(C(=O)c3ccc(CNCC(O)c4ccc(O)c5[nH]c(=O)ccc45)cc3)CC2)c1. The fourth-order valence-corrected chi connectivity index (χ4v) is 6.39. The number of phenols is 1. The highest BCUT2D eigenvalue weighted by Crippen LogP contribution is 2.32. The summed E-state index contributed by atoms with van der Waals surface area (Å²) in [6.07, 6.45) is 1.06. The molecule has 4 N–H and O–H groups in total. The molecule has 0 spiro atoms. The second-order valence-electron chi connectivity index (χ2n) is 12.0. The van der Waals surface area contributed by atoms with E-state index < -0.39 is 6.10 Å². The summed E-state index contributed by atoms with van der Waals surface area (Å²) in [4.78, 5) is 29.6. The van der Waals surface area contributed by atoms with E-state index in [-0.39, 0.29) is 23.8 Å². The number of carbonyl (C=O) groups excluding carboxylic acids is 1. The number of rotatable bonds is 9. The summed E-state index contributed by atoms with van der Waals surface area (Å²) in [6, 6.07) is 33.3. The molecule has 1 saturated heterocycles. The van der Waals surface area contributed by atoms with Crippen molar-refractivity contribution in [2.75, 3.05) is 19.6 Å². The van der Waals surface area contributed by atoms with Crippen LogP contribution in [0.4, 0.5) is 0 Å². The predicted molar refractivity (Wildman–Crippen MR) is 178 cm³/mol. The Labute approximate surface area is 263 Å². The maximum absolute atomic E-state index is 13.3. The van der Waals surface area contributed by atoms with E-state index >= 15 is 0 Å². The number of pyridine rings is 1. The molecule has 45 heavy (non-hydrogen) atoms. The second kappa shape index (κ2) is 13.5. The summed E-state index contributed by atoms with van der Waals surface area (Å²) in [5.41, 5.74) is 6.30. The van der Waals surface area contributed by atoms with Gasteiger partial charge in [-0.15, -0.1) is 0 Å². The number of piperidine rings is 1. The highest BCUT2D eigenvalue weighted by molar-refractivity contribution is 5.94. The molecule has 2 atom stereocenters. The Bertz CT molecular complexity index is 1830. The summed E-state index contributed by atoms with van der Waals surface area (Å²) >= 11 is 0. The van der Waals surface area contributed by atoms with Crippen LogP contribution in [0, 0.1) is 0 Å². The number of H-pyrrole nitrogens is 1. The molecule has 7 nitrogen and oxygen atoms in total. The van der Waals surface area contributed by atoms with Gasteiger partial charge < -0.3 is 25.4 Å². The molecular weight excluding hydrogens is 562 g/mol. The Morgan fingerprint density at radius 2 is 1.64 bits per heavy atom. The number of aromatic nitrogens is 1. The second-order valence-corrected chi connectivity index (χ2v) is 12.0. The molecule has 1 aliphatic rings. The zero-order chi connectivity index (χ0) is 31.3. The van der Waals surface area contributed by atoms with Crippen molar-refractivity contribution < 1.29 is 15.0 Å². The number of hydrogen-bond acceptors (Lipinski definition) is 5. The van der Waals surface area contributed by atoms with E-state index in [0.29, 0.717) is 40.4 Å². The van der Waals surface area contributed by atoms with Crippen LogP contribution < -0.4 is 10.9 Å². The molecule has 5 aromatic rings. The number of carbonyl (C=O) groups is 1. The molecule has 1 aromatic heterocycles. The first-order valence-corrected chi connectivity index (χ1v) is 15.6. The van der Waals surface area contributed by atoms with E-state index in [1.807, 2.05) is 29.2 Å². The molecule has 1 fully saturated rings. The first-order valence-electron chi connectivity index (χ1n) is 15.6. The normalized spacial score (nSPS) is 15.2. The van der Waals surface area contributed by atoms with Crippen molar-refractivity contribution in [1.82, 2.24) is 15.2 Å². The van der Waals surface area contributed by atoms with Gasteiger partial charge in [-0.25, -0.2) is 0 Å². The molecule has 0 aliphatic carbocycles. The molecular formula is C38H39N3O4. The highest BCUT2D eigenvalue weighted by atomic mass is 16.3. The lowest BCUT2D eigenvalue weighted by atomic mass is 9.85. The fourth-order valence-electron chi connectivity index (χ4n) is 6.39. The zero-order valence-electron chi connectivity index (χ0n) is 25.4. The van der Waals surface area contributed by atoms with E-state index in [2.05, 4.69) is 71.8 Å². The van der Waals surface area contributed by atoms with Crippen molar-refractivity contribution in [2.45, 2.75) is 44.2 Å². The van der Waals surface area contributed by atoms with Gasteiger partial charge in [0.25, 0.3) is 5.91 Å². The van der Waals surface area contributed by atoms with Crippen LogP contribution in [0.3, 0.4) is 0 Å². The van der Waals surface area contributed by atoms with Gasteiger partial charge in [0.15, 0.2) is 0 Å². The van der Waals surface area contributed by atoms with Gasteiger partial charge in [0.2, 0.25) is 5.56 Å². The van der Waals surface area contributed by atoms with Crippen molar-refractivity contribution in [1.29, 1.82) is 0 Å². The van der Waals surface area contributed by atoms with Gasteiger partial charge in [-0.3, -0.25) is 9.59 Å². The van der Waals surface area contributed by atoms with Gasteiger partial charge in [-0.2, -0.15) is 0 Å². The van der Waals surface area contributed by atoms with Crippen LogP contribution in [-0.4, -0.2) is 45.6 Å². The first kappa shape index (κ1) is 30.3. The number of nitrogens with zero attached hydrogens (tertiary/aromatic N) is 1. The number of benzene rings is 4. The quantitative estimate of drug-likeness (QED) is 0.160. The molecule has 230 valence electrons. The van der Waals surface area contributed by atoms with Crippen molar-refractivity contribution >= 4 is 16.8 Å². The van der Waals surface area contributed by atoms with Crippen molar-refractivity contribution in [3.63, 3.8) is 0 Å². The molecule has 0 saturated carbocycles. The Morgan fingerprint density at radius 1 is 0.911 bits per heavy atom. The van der Waals surface area contributed by atoms with Crippen LogP contribution >= 0.6 is 0 Å². The average Bonchev–Trinajstić information content (AvgIpc) is 3.09. The number of likely N-dealkylation sites (tertiary alicyclic amines) is 1. The largest absolute Gasteiger partial charge is 0.506 e. The summed E-state index contributed by atoms with van der Waals surface area (Å²) in [5.74, 6) is 0.808. The summed E-state index contributed by atoms with van der Waals surface area (Å²) in [5, 5.41) is 24.8. The summed E-state index contributed by atoms with van der Waals surface area (Å²) in [6.45, 7) is 4.53. The number of amides is 1. The Balaban J connectivity index is 1.00. The minimum absolute atomic E-state index is 0.0374. The summed E-state index contributed by atoms with van der Waals surface area (Å²) in [7, 11) is 0. The maximum atomic E-state index is 13.3. The average molecular weight is 602 g/mol. The van der Waals surface area contributed by atoms with Gasteiger partial charge in [-0.05, 0) is 70.8 Å². The Kier molecular flexibility index (Phi) is 9.10. The molecule has 1 amide bonds. The first-order chi connectivity index (χ1) is 21.9. The number of fused-ring (bicyclic) bond motifs is 1. The number of phenolic OH excluding ortho intramolecular Hbond substituents is 1. The van der Waals surface area contributed by atoms with Crippen LogP contribution in [0.15, 0.2) is 108 Å².